The fourth-order valence-corrected chi connectivity index (χ4v) is 2.75. The molecule has 0 radical (unpaired) electrons. The second-order valence-corrected chi connectivity index (χ2v) is 6.42. The summed E-state index contributed by atoms with van der Waals surface area (Å²) < 4.78 is 0. The molecule has 0 aliphatic carbocycles. The predicted octanol–water partition coefficient (Wildman–Crippen LogP) is 2.86. The number of hydrogen-bond acceptors (Lipinski definition) is 3. The second kappa shape index (κ2) is 6.72. The van der Waals surface area contributed by atoms with E-state index < -0.39 is 17.9 Å². The molecule has 5 nitrogen and oxygen atoms in total. The van der Waals surface area contributed by atoms with E-state index >= 15 is 0 Å². The van der Waals surface area contributed by atoms with Crippen molar-refractivity contribution in [1.29, 1.82) is 0 Å². The maximum atomic E-state index is 12.5. The Bertz CT molecular complexity index is 713. The lowest BCUT2D eigenvalue weighted by molar-refractivity contribution is -0.153. The number of carbonyl (C=O) groups is 3. The van der Waals surface area contributed by atoms with Gasteiger partial charge < -0.3 is 5.32 Å². The molecule has 122 valence electrons. The zero-order valence-electron chi connectivity index (χ0n) is 12.9. The molecule has 1 N–H and O–H groups in total. The fraction of sp³-hybridized carbons (Fsp3) is 0.312. The van der Waals surface area contributed by atoms with Crippen molar-refractivity contribution in [2.24, 2.45) is 5.92 Å². The highest BCUT2D eigenvalue weighted by molar-refractivity contribution is 6.42. The number of halogens is 2. The van der Waals surface area contributed by atoms with Gasteiger partial charge in [-0.1, -0.05) is 43.1 Å². The molecule has 2 rings (SSSR count). The molecule has 0 aromatic heterocycles. The van der Waals surface area contributed by atoms with Gasteiger partial charge in [0.25, 0.3) is 5.91 Å². The molecule has 1 aliphatic heterocycles. The van der Waals surface area contributed by atoms with Crippen LogP contribution < -0.4 is 5.32 Å². The Labute approximate surface area is 144 Å². The molecule has 0 bridgehead atoms. The average molecular weight is 355 g/mol. The van der Waals surface area contributed by atoms with E-state index in [1.165, 1.54) is 13.0 Å². The first-order valence-electron chi connectivity index (χ1n) is 7.04. The summed E-state index contributed by atoms with van der Waals surface area (Å²) in [4.78, 5) is 37.6. The van der Waals surface area contributed by atoms with Gasteiger partial charge in [0.15, 0.2) is 0 Å². The number of hydrogen-bond donors (Lipinski definition) is 1. The molecule has 1 atom stereocenters. The molecule has 1 aromatic carbocycles. The van der Waals surface area contributed by atoms with Crippen LogP contribution >= 0.6 is 23.2 Å². The van der Waals surface area contributed by atoms with Gasteiger partial charge in [-0.3, -0.25) is 19.3 Å². The zero-order chi connectivity index (χ0) is 17.3. The highest BCUT2D eigenvalue weighted by Crippen LogP contribution is 2.25. The average Bonchev–Trinajstić information content (AvgIpc) is 2.45. The van der Waals surface area contributed by atoms with Gasteiger partial charge in [-0.25, -0.2) is 0 Å². The Morgan fingerprint density at radius 2 is 1.91 bits per heavy atom. The van der Waals surface area contributed by atoms with Gasteiger partial charge in [-0.2, -0.15) is 0 Å². The molecule has 0 spiro atoms. The van der Waals surface area contributed by atoms with Crippen molar-refractivity contribution in [2.75, 3.05) is 0 Å². The Kier molecular flexibility index (Phi) is 5.12. The molecule has 7 heteroatoms. The van der Waals surface area contributed by atoms with Crippen LogP contribution in [0, 0.1) is 5.92 Å². The molecule has 3 amide bonds. The van der Waals surface area contributed by atoms with Crippen molar-refractivity contribution >= 4 is 47.0 Å². The van der Waals surface area contributed by atoms with E-state index in [0.29, 0.717) is 15.6 Å². The highest BCUT2D eigenvalue weighted by Gasteiger charge is 2.41. The van der Waals surface area contributed by atoms with Crippen molar-refractivity contribution in [2.45, 2.75) is 26.8 Å². The third-order valence-electron chi connectivity index (χ3n) is 3.48. The summed E-state index contributed by atoms with van der Waals surface area (Å²) in [7, 11) is 0. The molecule has 1 aliphatic rings. The van der Waals surface area contributed by atoms with Gasteiger partial charge in [0.2, 0.25) is 11.8 Å². The molecule has 23 heavy (non-hydrogen) atoms. The summed E-state index contributed by atoms with van der Waals surface area (Å²) in [5, 5.41) is 3.29. The van der Waals surface area contributed by atoms with Gasteiger partial charge in [0.05, 0.1) is 10.0 Å². The number of nitrogens with zero attached hydrogens (tertiary/aromatic N) is 1. The van der Waals surface area contributed by atoms with Crippen molar-refractivity contribution in [3.63, 3.8) is 0 Å². The van der Waals surface area contributed by atoms with Crippen LogP contribution in [-0.2, 0) is 14.4 Å². The zero-order valence-corrected chi connectivity index (χ0v) is 14.4. The monoisotopic (exact) mass is 354 g/mol. The Hall–Kier alpha value is -1.85. The van der Waals surface area contributed by atoms with Crippen molar-refractivity contribution in [3.05, 3.63) is 39.5 Å². The van der Waals surface area contributed by atoms with Crippen LogP contribution in [0.1, 0.15) is 26.3 Å². The van der Waals surface area contributed by atoms with Crippen LogP contribution in [-0.4, -0.2) is 28.7 Å². The van der Waals surface area contributed by atoms with Gasteiger partial charge in [0, 0.05) is 6.92 Å². The number of imide groups is 1. The number of carbonyl (C=O) groups excluding carboxylic acids is 3. The maximum absolute atomic E-state index is 12.5. The van der Waals surface area contributed by atoms with Gasteiger partial charge in [-0.15, -0.1) is 0 Å². The van der Waals surface area contributed by atoms with Gasteiger partial charge in [-0.05, 0) is 29.7 Å². The molecular formula is C16H16Cl2N2O3. The van der Waals surface area contributed by atoms with Crippen LogP contribution in [0.25, 0.3) is 6.08 Å². The van der Waals surface area contributed by atoms with E-state index in [2.05, 4.69) is 5.32 Å². The fourth-order valence-electron chi connectivity index (χ4n) is 2.44. The van der Waals surface area contributed by atoms with Crippen molar-refractivity contribution in [1.82, 2.24) is 10.2 Å². The number of nitrogens with one attached hydrogen (secondary N) is 1. The van der Waals surface area contributed by atoms with Crippen LogP contribution in [0.5, 0.6) is 0 Å². The standard InChI is InChI=1S/C16H16Cl2N2O3/c1-8(2)14-15(22)19-13(16(23)20(14)9(3)21)7-10-4-5-11(17)12(18)6-10/h4-8,14H,1-3H3,(H,19,22)/b13-7+/t14-/m0/s1. The first-order chi connectivity index (χ1) is 10.7. The third kappa shape index (κ3) is 3.57. The largest absolute Gasteiger partial charge is 0.320 e. The number of piperazine rings is 1. The molecule has 1 heterocycles. The van der Waals surface area contributed by atoms with Gasteiger partial charge in [0.1, 0.15) is 11.7 Å². The minimum absolute atomic E-state index is 0.0282. The lowest BCUT2D eigenvalue weighted by Gasteiger charge is -2.35. The predicted molar refractivity (Wildman–Crippen MR) is 88.7 cm³/mol. The third-order valence-corrected chi connectivity index (χ3v) is 4.22. The number of rotatable bonds is 2. The summed E-state index contributed by atoms with van der Waals surface area (Å²) in [5.74, 6) is -1.58. The Balaban J connectivity index is 2.42. The summed E-state index contributed by atoms with van der Waals surface area (Å²) in [5.41, 5.74) is 0.620. The Morgan fingerprint density at radius 3 is 2.43 bits per heavy atom. The number of amides is 3. The Morgan fingerprint density at radius 1 is 1.26 bits per heavy atom. The highest BCUT2D eigenvalue weighted by atomic mass is 35.5. The summed E-state index contributed by atoms with van der Waals surface area (Å²) in [6.07, 6.45) is 1.47. The lowest BCUT2D eigenvalue weighted by atomic mass is 9.98. The van der Waals surface area contributed by atoms with Crippen LogP contribution in [0.4, 0.5) is 0 Å². The smallest absolute Gasteiger partial charge is 0.277 e. The maximum Gasteiger partial charge on any atom is 0.277 e. The quantitative estimate of drug-likeness (QED) is 0.830. The van der Waals surface area contributed by atoms with Crippen molar-refractivity contribution in [3.8, 4) is 0 Å². The molecular weight excluding hydrogens is 339 g/mol. The van der Waals surface area contributed by atoms with E-state index in [-0.39, 0.29) is 17.5 Å². The molecule has 0 saturated carbocycles. The van der Waals surface area contributed by atoms with Crippen LogP contribution in [0.2, 0.25) is 10.0 Å². The van der Waals surface area contributed by atoms with E-state index in [1.54, 1.807) is 32.0 Å². The summed E-state index contributed by atoms with van der Waals surface area (Å²) >= 11 is 11.8. The van der Waals surface area contributed by atoms with E-state index in [1.807, 2.05) is 0 Å². The lowest BCUT2D eigenvalue weighted by Crippen LogP contribution is -2.60. The normalized spacial score (nSPS) is 20.2. The van der Waals surface area contributed by atoms with Crippen molar-refractivity contribution < 1.29 is 14.4 Å². The first-order valence-corrected chi connectivity index (χ1v) is 7.79. The van der Waals surface area contributed by atoms with E-state index in [9.17, 15) is 14.4 Å². The summed E-state index contributed by atoms with van der Waals surface area (Å²) in [6, 6.07) is 4.01. The minimum atomic E-state index is -0.814. The number of benzene rings is 1. The summed E-state index contributed by atoms with van der Waals surface area (Å²) in [6.45, 7) is 4.82. The topological polar surface area (TPSA) is 66.5 Å². The minimum Gasteiger partial charge on any atom is -0.320 e. The molecule has 0 unspecified atom stereocenters. The van der Waals surface area contributed by atoms with Crippen LogP contribution in [0.3, 0.4) is 0 Å². The molecule has 1 aromatic rings. The first kappa shape index (κ1) is 17.5. The SMILES string of the molecule is CC(=O)N1C(=O)/C(=C\c2ccc(Cl)c(Cl)c2)NC(=O)[C@@H]1C(C)C. The van der Waals surface area contributed by atoms with Gasteiger partial charge >= 0.3 is 0 Å². The van der Waals surface area contributed by atoms with Crippen LogP contribution in [0.15, 0.2) is 23.9 Å². The second-order valence-electron chi connectivity index (χ2n) is 5.60. The molecule has 1 saturated heterocycles. The molecule has 1 fully saturated rings. The van der Waals surface area contributed by atoms with E-state index in [0.717, 1.165) is 4.90 Å². The van der Waals surface area contributed by atoms with E-state index in [4.69, 9.17) is 23.2 Å².